The van der Waals surface area contributed by atoms with Gasteiger partial charge in [0.25, 0.3) is 0 Å². The zero-order valence-electron chi connectivity index (χ0n) is 23.4. The van der Waals surface area contributed by atoms with Gasteiger partial charge in [-0.05, 0) is 41.5 Å². The molecule has 12 N–H and O–H groups in total. The highest BCUT2D eigenvalue weighted by atomic mass is 31.2. The van der Waals surface area contributed by atoms with Crippen LogP contribution in [0.2, 0.25) is 0 Å². The van der Waals surface area contributed by atoms with E-state index in [0.29, 0.717) is 0 Å². The minimum Gasteiger partial charge on any atom is -0.368 e. The lowest BCUT2D eigenvalue weighted by Crippen LogP contribution is -2.59. The molecule has 7 atom stereocenters. The van der Waals surface area contributed by atoms with Crippen molar-refractivity contribution in [1.29, 1.82) is 0 Å². The Labute approximate surface area is 235 Å². The molecule has 41 heavy (non-hydrogen) atoms. The van der Waals surface area contributed by atoms with E-state index in [1.165, 1.54) is 41.5 Å². The summed E-state index contributed by atoms with van der Waals surface area (Å²) in [5.74, 6) is -5.90. The second-order valence-corrected chi connectivity index (χ2v) is 10.4. The van der Waals surface area contributed by atoms with Crippen LogP contribution >= 0.6 is 7.82 Å². The van der Waals surface area contributed by atoms with Gasteiger partial charge in [-0.2, -0.15) is 0 Å². The SMILES string of the molecule is C[C@H](N)C(=O)N[C@@H](C)C(=O)N[C@@H](C)C(=O)N[C@@H](COP(=O)(O)O)C(=O)N[C@@H](C)C(=O)N[C@@H](C)C(=O)N[C@@H](C)C(N)=O. The van der Waals surface area contributed by atoms with Crippen molar-refractivity contribution in [3.8, 4) is 0 Å². The van der Waals surface area contributed by atoms with Crippen LogP contribution < -0.4 is 43.4 Å². The smallest absolute Gasteiger partial charge is 0.368 e. The molecule has 0 rings (SSSR count). The maximum Gasteiger partial charge on any atom is 0.469 e. The zero-order chi connectivity index (χ0) is 32.2. The third kappa shape index (κ3) is 14.5. The van der Waals surface area contributed by atoms with Gasteiger partial charge in [-0.3, -0.25) is 38.1 Å². The van der Waals surface area contributed by atoms with Crippen LogP contribution in [0.1, 0.15) is 41.5 Å². The second-order valence-electron chi connectivity index (χ2n) is 9.19. The van der Waals surface area contributed by atoms with Gasteiger partial charge in [-0.25, -0.2) is 4.57 Å². The largest absolute Gasteiger partial charge is 0.469 e. The highest BCUT2D eigenvalue weighted by Gasteiger charge is 2.31. The van der Waals surface area contributed by atoms with E-state index in [0.717, 1.165) is 0 Å². The summed E-state index contributed by atoms with van der Waals surface area (Å²) in [4.78, 5) is 103. The first-order valence-corrected chi connectivity index (χ1v) is 13.8. The number of phosphoric ester groups is 1. The summed E-state index contributed by atoms with van der Waals surface area (Å²) in [6.45, 7) is 6.78. The normalized spacial score (nSPS) is 16.3. The van der Waals surface area contributed by atoms with Crippen LogP contribution in [-0.2, 0) is 42.7 Å². The standard InChI is InChI=1S/C21H39N8O11P/c1-8(22)16(31)25-10(3)18(33)27-13(6)20(35)29-14(7-40-41(37,38)39)21(36)28-12(5)19(34)26-11(4)17(32)24-9(2)15(23)30/h8-14H,7,22H2,1-6H3,(H2,23,30)(H,24,32)(H,25,31)(H,26,34)(H,27,33)(H,28,36)(H,29,35)(H2,37,38,39)/t8-,9-,10-,11-,12-,13-,14-/m0/s1. The molecule has 0 aromatic heterocycles. The summed E-state index contributed by atoms with van der Waals surface area (Å²) >= 11 is 0. The van der Waals surface area contributed by atoms with Crippen LogP contribution in [-0.4, -0.2) is 100 Å². The highest BCUT2D eigenvalue weighted by Crippen LogP contribution is 2.35. The van der Waals surface area contributed by atoms with Crippen molar-refractivity contribution in [1.82, 2.24) is 31.9 Å². The highest BCUT2D eigenvalue weighted by molar-refractivity contribution is 7.46. The fourth-order valence-electron chi connectivity index (χ4n) is 2.66. The monoisotopic (exact) mass is 610 g/mol. The minimum absolute atomic E-state index is 0.621. The van der Waals surface area contributed by atoms with Crippen LogP contribution in [0.5, 0.6) is 0 Å². The number of nitrogens with two attached hydrogens (primary N) is 2. The summed E-state index contributed by atoms with van der Waals surface area (Å²) in [6.07, 6.45) is 0. The molecule has 0 aromatic carbocycles. The predicted octanol–water partition coefficient (Wildman–Crippen LogP) is -5.06. The van der Waals surface area contributed by atoms with Gasteiger partial charge in [-0.15, -0.1) is 0 Å². The van der Waals surface area contributed by atoms with Gasteiger partial charge in [-0.1, -0.05) is 0 Å². The molecule has 0 bridgehead atoms. The average molecular weight is 611 g/mol. The molecule has 19 nitrogen and oxygen atoms in total. The van der Waals surface area contributed by atoms with Gasteiger partial charge >= 0.3 is 7.82 Å². The first kappa shape index (κ1) is 37.4. The zero-order valence-corrected chi connectivity index (χ0v) is 24.3. The van der Waals surface area contributed by atoms with Crippen LogP contribution in [0.4, 0.5) is 0 Å². The molecule has 7 amide bonds. The van der Waals surface area contributed by atoms with Crippen molar-refractivity contribution in [3.63, 3.8) is 0 Å². The van der Waals surface area contributed by atoms with Crippen molar-refractivity contribution in [2.45, 2.75) is 83.8 Å². The van der Waals surface area contributed by atoms with Gasteiger partial charge in [0.1, 0.15) is 36.3 Å². The molecular weight excluding hydrogens is 571 g/mol. The number of carbonyl (C=O) groups is 7. The maximum absolute atomic E-state index is 12.8. The van der Waals surface area contributed by atoms with Crippen molar-refractivity contribution in [2.75, 3.05) is 6.61 Å². The Morgan fingerprint density at radius 1 is 0.610 bits per heavy atom. The van der Waals surface area contributed by atoms with Crippen LogP contribution in [0.25, 0.3) is 0 Å². The van der Waals surface area contributed by atoms with E-state index in [-0.39, 0.29) is 0 Å². The Morgan fingerprint density at radius 3 is 1.27 bits per heavy atom. The number of hydrogen-bond acceptors (Lipinski definition) is 10. The van der Waals surface area contributed by atoms with Crippen molar-refractivity contribution >= 4 is 49.2 Å². The van der Waals surface area contributed by atoms with Crippen LogP contribution in [0, 0.1) is 0 Å². The summed E-state index contributed by atoms with van der Waals surface area (Å²) in [5, 5.41) is 13.5. The van der Waals surface area contributed by atoms with Crippen molar-refractivity contribution in [2.24, 2.45) is 11.5 Å². The van der Waals surface area contributed by atoms with Gasteiger partial charge in [0.2, 0.25) is 41.4 Å². The summed E-state index contributed by atoms with van der Waals surface area (Å²) in [7, 11) is -5.09. The van der Waals surface area contributed by atoms with E-state index in [9.17, 15) is 38.1 Å². The Bertz CT molecular complexity index is 1050. The lowest BCUT2D eigenvalue weighted by molar-refractivity contribution is -0.135. The third-order valence-electron chi connectivity index (χ3n) is 5.25. The molecule has 0 heterocycles. The molecule has 0 unspecified atom stereocenters. The molecule has 0 fully saturated rings. The molecular formula is C21H39N8O11P. The quantitative estimate of drug-likeness (QED) is 0.0734. The topological polar surface area (TPSA) is 310 Å². The Hall–Kier alpha value is -3.64. The molecule has 0 spiro atoms. The van der Waals surface area contributed by atoms with Crippen LogP contribution in [0.15, 0.2) is 0 Å². The number of primary amides is 1. The molecule has 0 aliphatic rings. The fraction of sp³-hybridized carbons (Fsp3) is 0.667. The molecule has 0 aliphatic carbocycles. The van der Waals surface area contributed by atoms with E-state index < -0.39 is 98.1 Å². The number of hydrogen-bond donors (Lipinski definition) is 10. The number of amides is 7. The summed E-state index contributed by atoms with van der Waals surface area (Å²) in [6, 6.07) is -8.52. The Morgan fingerprint density at radius 2 is 0.927 bits per heavy atom. The van der Waals surface area contributed by atoms with E-state index in [1.807, 2.05) is 0 Å². The Kier molecular flexibility index (Phi) is 15.1. The molecule has 0 saturated heterocycles. The third-order valence-corrected chi connectivity index (χ3v) is 5.74. The molecule has 0 saturated carbocycles. The molecule has 0 aliphatic heterocycles. The van der Waals surface area contributed by atoms with Gasteiger partial charge in [0, 0.05) is 0 Å². The lowest BCUT2D eigenvalue weighted by Gasteiger charge is -2.24. The molecule has 20 heteroatoms. The van der Waals surface area contributed by atoms with E-state index in [1.54, 1.807) is 0 Å². The maximum atomic E-state index is 12.8. The number of rotatable bonds is 16. The number of carbonyl (C=O) groups excluding carboxylic acids is 7. The van der Waals surface area contributed by atoms with E-state index in [4.69, 9.17) is 21.3 Å². The van der Waals surface area contributed by atoms with Gasteiger partial charge < -0.3 is 53.2 Å². The lowest BCUT2D eigenvalue weighted by atomic mass is 10.2. The van der Waals surface area contributed by atoms with Crippen molar-refractivity contribution in [3.05, 3.63) is 0 Å². The van der Waals surface area contributed by atoms with Gasteiger partial charge in [0.15, 0.2) is 0 Å². The number of phosphoric acid groups is 1. The van der Waals surface area contributed by atoms with Crippen molar-refractivity contribution < 1.29 is 52.4 Å². The average Bonchev–Trinajstić information content (AvgIpc) is 2.84. The molecule has 0 aromatic rings. The number of nitrogens with one attached hydrogen (secondary N) is 6. The minimum atomic E-state index is -5.09. The molecule has 234 valence electrons. The van der Waals surface area contributed by atoms with Gasteiger partial charge in [0.05, 0.1) is 12.6 Å². The summed E-state index contributed by atoms with van der Waals surface area (Å²) < 4.78 is 15.5. The summed E-state index contributed by atoms with van der Waals surface area (Å²) in [5.41, 5.74) is 10.5. The Balaban J connectivity index is 5.33. The fourth-order valence-corrected chi connectivity index (χ4v) is 3.00. The predicted molar refractivity (Wildman–Crippen MR) is 141 cm³/mol. The second kappa shape index (κ2) is 16.6. The van der Waals surface area contributed by atoms with E-state index in [2.05, 4.69) is 36.4 Å². The van der Waals surface area contributed by atoms with E-state index >= 15 is 0 Å². The first-order valence-electron chi connectivity index (χ1n) is 12.2. The molecule has 0 radical (unpaired) electrons. The first-order chi connectivity index (χ1) is 18.7. The van der Waals surface area contributed by atoms with Crippen LogP contribution in [0.3, 0.4) is 0 Å².